The van der Waals surface area contributed by atoms with Crippen molar-refractivity contribution in [2.45, 2.75) is 44.7 Å². The molecular formula is C17H22BrIN2O. The maximum atomic E-state index is 13.1. The Labute approximate surface area is 154 Å². The first kappa shape index (κ1) is 16.7. The van der Waals surface area contributed by atoms with Crippen molar-refractivity contribution in [3.63, 3.8) is 0 Å². The zero-order valence-corrected chi connectivity index (χ0v) is 16.6. The standard InChI is InChI=1S/C17H22BrIN2O/c1-2-20-9-7-14(8-10-20)21(13-4-5-13)17(22)15-11-12(18)3-6-16(15)19/h3,6,11,13-14H,2,4-5,7-10H2,1H3. The summed E-state index contributed by atoms with van der Waals surface area (Å²) >= 11 is 5.77. The number of piperidine rings is 1. The molecule has 22 heavy (non-hydrogen) atoms. The van der Waals surface area contributed by atoms with Crippen LogP contribution in [0, 0.1) is 3.57 Å². The number of likely N-dealkylation sites (tertiary alicyclic amines) is 1. The SMILES string of the molecule is CCN1CCC(N(C(=O)c2cc(Br)ccc2I)C2CC2)CC1. The minimum Gasteiger partial charge on any atom is -0.333 e. The van der Waals surface area contributed by atoms with E-state index in [2.05, 4.69) is 55.2 Å². The second kappa shape index (κ2) is 7.18. The molecule has 1 aliphatic heterocycles. The first-order valence-corrected chi connectivity index (χ1v) is 9.97. The summed E-state index contributed by atoms with van der Waals surface area (Å²) < 4.78 is 2.02. The fourth-order valence-electron chi connectivity index (χ4n) is 3.30. The molecule has 1 aromatic rings. The van der Waals surface area contributed by atoms with Crippen LogP contribution in [0.15, 0.2) is 22.7 Å². The fraction of sp³-hybridized carbons (Fsp3) is 0.588. The lowest BCUT2D eigenvalue weighted by Gasteiger charge is -2.38. The molecule has 1 saturated heterocycles. The fourth-order valence-corrected chi connectivity index (χ4v) is 4.22. The molecule has 0 radical (unpaired) electrons. The third-order valence-electron chi connectivity index (χ3n) is 4.73. The van der Waals surface area contributed by atoms with Crippen molar-refractivity contribution in [2.75, 3.05) is 19.6 Å². The summed E-state index contributed by atoms with van der Waals surface area (Å²) in [5.41, 5.74) is 0.847. The molecule has 0 N–H and O–H groups in total. The molecule has 0 atom stereocenters. The number of amides is 1. The van der Waals surface area contributed by atoms with Gasteiger partial charge in [0.1, 0.15) is 0 Å². The van der Waals surface area contributed by atoms with Gasteiger partial charge in [0.05, 0.1) is 5.56 Å². The van der Waals surface area contributed by atoms with Crippen LogP contribution in [0.1, 0.15) is 43.0 Å². The topological polar surface area (TPSA) is 23.6 Å². The molecule has 3 rings (SSSR count). The highest BCUT2D eigenvalue weighted by atomic mass is 127. The number of rotatable bonds is 4. The van der Waals surface area contributed by atoms with Gasteiger partial charge in [-0.05, 0) is 73.0 Å². The third-order valence-corrected chi connectivity index (χ3v) is 6.17. The van der Waals surface area contributed by atoms with Crippen molar-refractivity contribution in [1.82, 2.24) is 9.80 Å². The van der Waals surface area contributed by atoms with E-state index in [4.69, 9.17) is 0 Å². The second-order valence-corrected chi connectivity index (χ2v) is 8.31. The van der Waals surface area contributed by atoms with Gasteiger partial charge in [0.2, 0.25) is 0 Å². The Hall–Kier alpha value is -0.140. The summed E-state index contributed by atoms with van der Waals surface area (Å²) in [7, 11) is 0. The molecule has 1 heterocycles. The molecular weight excluding hydrogens is 455 g/mol. The van der Waals surface area contributed by atoms with Crippen LogP contribution in [0.3, 0.4) is 0 Å². The van der Waals surface area contributed by atoms with Gasteiger partial charge < -0.3 is 9.80 Å². The summed E-state index contributed by atoms with van der Waals surface area (Å²) in [5.74, 6) is 0.225. The summed E-state index contributed by atoms with van der Waals surface area (Å²) in [4.78, 5) is 17.8. The van der Waals surface area contributed by atoms with E-state index in [0.717, 1.165) is 46.1 Å². The van der Waals surface area contributed by atoms with Crippen LogP contribution in [0.4, 0.5) is 0 Å². The Bertz CT molecular complexity index is 554. The predicted molar refractivity (Wildman–Crippen MR) is 101 cm³/mol. The van der Waals surface area contributed by atoms with E-state index >= 15 is 0 Å². The van der Waals surface area contributed by atoms with E-state index in [1.54, 1.807) is 0 Å². The average molecular weight is 477 g/mol. The molecule has 0 aromatic heterocycles. The van der Waals surface area contributed by atoms with Crippen molar-refractivity contribution in [2.24, 2.45) is 0 Å². The number of hydrogen-bond donors (Lipinski definition) is 0. The van der Waals surface area contributed by atoms with Crippen LogP contribution >= 0.6 is 38.5 Å². The maximum Gasteiger partial charge on any atom is 0.255 e. The van der Waals surface area contributed by atoms with Crippen LogP contribution in [-0.4, -0.2) is 47.4 Å². The van der Waals surface area contributed by atoms with Crippen LogP contribution in [-0.2, 0) is 0 Å². The number of nitrogens with zero attached hydrogens (tertiary/aromatic N) is 2. The van der Waals surface area contributed by atoms with Crippen molar-refractivity contribution in [3.8, 4) is 0 Å². The Balaban J connectivity index is 1.79. The first-order chi connectivity index (χ1) is 10.6. The second-order valence-electron chi connectivity index (χ2n) is 6.23. The van der Waals surface area contributed by atoms with Gasteiger partial charge in [0, 0.05) is 33.2 Å². The lowest BCUT2D eigenvalue weighted by Crippen LogP contribution is -2.48. The largest absolute Gasteiger partial charge is 0.333 e. The number of carbonyl (C=O) groups excluding carboxylic acids is 1. The molecule has 0 spiro atoms. The number of benzene rings is 1. The molecule has 120 valence electrons. The monoisotopic (exact) mass is 476 g/mol. The molecule has 1 aliphatic carbocycles. The lowest BCUT2D eigenvalue weighted by molar-refractivity contribution is 0.0553. The van der Waals surface area contributed by atoms with Gasteiger partial charge in [-0.25, -0.2) is 0 Å². The molecule has 5 heteroatoms. The van der Waals surface area contributed by atoms with Crippen molar-refractivity contribution < 1.29 is 4.79 Å². The van der Waals surface area contributed by atoms with E-state index in [0.29, 0.717) is 12.1 Å². The Morgan fingerprint density at radius 2 is 1.91 bits per heavy atom. The molecule has 0 unspecified atom stereocenters. The Morgan fingerprint density at radius 3 is 2.50 bits per heavy atom. The lowest BCUT2D eigenvalue weighted by atomic mass is 10.0. The molecule has 1 aromatic carbocycles. The van der Waals surface area contributed by atoms with Crippen LogP contribution in [0.25, 0.3) is 0 Å². The zero-order valence-electron chi connectivity index (χ0n) is 12.9. The summed E-state index contributed by atoms with van der Waals surface area (Å²) in [6, 6.07) is 6.88. The number of carbonyl (C=O) groups is 1. The van der Waals surface area contributed by atoms with Crippen LogP contribution < -0.4 is 0 Å². The van der Waals surface area contributed by atoms with Gasteiger partial charge in [-0.2, -0.15) is 0 Å². The van der Waals surface area contributed by atoms with E-state index < -0.39 is 0 Å². The predicted octanol–water partition coefficient (Wildman–Crippen LogP) is 4.14. The zero-order chi connectivity index (χ0) is 15.7. The van der Waals surface area contributed by atoms with Gasteiger partial charge >= 0.3 is 0 Å². The van der Waals surface area contributed by atoms with Crippen molar-refractivity contribution in [1.29, 1.82) is 0 Å². The summed E-state index contributed by atoms with van der Waals surface area (Å²) in [6.45, 7) is 5.57. The summed E-state index contributed by atoms with van der Waals surface area (Å²) in [6.07, 6.45) is 4.57. The van der Waals surface area contributed by atoms with Gasteiger partial charge in [0.25, 0.3) is 5.91 Å². The van der Waals surface area contributed by atoms with Gasteiger partial charge in [-0.15, -0.1) is 0 Å². The Kier molecular flexibility index (Phi) is 5.45. The Morgan fingerprint density at radius 1 is 1.27 bits per heavy atom. The highest BCUT2D eigenvalue weighted by molar-refractivity contribution is 14.1. The smallest absolute Gasteiger partial charge is 0.255 e. The van der Waals surface area contributed by atoms with Crippen molar-refractivity contribution >= 4 is 44.4 Å². The van der Waals surface area contributed by atoms with Crippen molar-refractivity contribution in [3.05, 3.63) is 31.8 Å². The summed E-state index contributed by atoms with van der Waals surface area (Å²) in [5, 5.41) is 0. The molecule has 1 amide bonds. The average Bonchev–Trinajstić information content (AvgIpc) is 3.35. The van der Waals surface area contributed by atoms with E-state index in [1.807, 2.05) is 18.2 Å². The third kappa shape index (κ3) is 3.67. The van der Waals surface area contributed by atoms with Gasteiger partial charge in [-0.3, -0.25) is 4.79 Å². The van der Waals surface area contributed by atoms with Crippen LogP contribution in [0.5, 0.6) is 0 Å². The van der Waals surface area contributed by atoms with Gasteiger partial charge in [0.15, 0.2) is 0 Å². The maximum absolute atomic E-state index is 13.1. The normalized spacial score (nSPS) is 20.1. The van der Waals surface area contributed by atoms with E-state index in [1.165, 1.54) is 12.8 Å². The molecule has 1 saturated carbocycles. The number of halogens is 2. The first-order valence-electron chi connectivity index (χ1n) is 8.10. The molecule has 2 fully saturated rings. The van der Waals surface area contributed by atoms with E-state index in [9.17, 15) is 4.79 Å². The quantitative estimate of drug-likeness (QED) is 0.609. The minimum absolute atomic E-state index is 0.225. The van der Waals surface area contributed by atoms with Gasteiger partial charge in [-0.1, -0.05) is 22.9 Å². The minimum atomic E-state index is 0.225. The van der Waals surface area contributed by atoms with Crippen LogP contribution in [0.2, 0.25) is 0 Å². The highest BCUT2D eigenvalue weighted by Gasteiger charge is 2.39. The molecule has 3 nitrogen and oxygen atoms in total. The highest BCUT2D eigenvalue weighted by Crippen LogP contribution is 2.34. The van der Waals surface area contributed by atoms with E-state index in [-0.39, 0.29) is 5.91 Å². The number of hydrogen-bond acceptors (Lipinski definition) is 2. The molecule has 2 aliphatic rings. The molecule has 0 bridgehead atoms.